The highest BCUT2D eigenvalue weighted by molar-refractivity contribution is 6.31. The third kappa shape index (κ3) is 2.82. The van der Waals surface area contributed by atoms with Gasteiger partial charge in [0.2, 0.25) is 0 Å². The molecule has 0 bridgehead atoms. The average molecular weight is 293 g/mol. The molecule has 1 amide bonds. The standard InChI is InChI=1S/C14H17ClN4O/c1-4-7-16-14(20)13-10(3)19(18-17-13)11-6-5-9(2)12(15)8-11/h5-6,8H,4,7H2,1-3H3,(H,16,20). The van der Waals surface area contributed by atoms with Gasteiger partial charge in [0.1, 0.15) is 0 Å². The van der Waals surface area contributed by atoms with Gasteiger partial charge in [-0.3, -0.25) is 4.79 Å². The van der Waals surface area contributed by atoms with Gasteiger partial charge >= 0.3 is 0 Å². The fourth-order valence-electron chi connectivity index (χ4n) is 1.82. The largest absolute Gasteiger partial charge is 0.351 e. The Labute approximate surface area is 122 Å². The van der Waals surface area contributed by atoms with Gasteiger partial charge in [-0.15, -0.1) is 5.10 Å². The number of carbonyl (C=O) groups is 1. The van der Waals surface area contributed by atoms with Crippen molar-refractivity contribution in [3.63, 3.8) is 0 Å². The SMILES string of the molecule is CCCNC(=O)c1nnn(-c2ccc(C)c(Cl)c2)c1C. The molecule has 1 N–H and O–H groups in total. The van der Waals surface area contributed by atoms with Crippen LogP contribution in [0.5, 0.6) is 0 Å². The van der Waals surface area contributed by atoms with Crippen molar-refractivity contribution in [2.24, 2.45) is 0 Å². The number of amides is 1. The summed E-state index contributed by atoms with van der Waals surface area (Å²) >= 11 is 6.11. The van der Waals surface area contributed by atoms with E-state index >= 15 is 0 Å². The number of nitrogens with zero attached hydrogens (tertiary/aromatic N) is 3. The molecule has 0 atom stereocenters. The smallest absolute Gasteiger partial charge is 0.273 e. The lowest BCUT2D eigenvalue weighted by Crippen LogP contribution is -2.25. The van der Waals surface area contributed by atoms with Crippen LogP contribution in [0.15, 0.2) is 18.2 Å². The monoisotopic (exact) mass is 292 g/mol. The van der Waals surface area contributed by atoms with Gasteiger partial charge < -0.3 is 5.32 Å². The molecule has 0 unspecified atom stereocenters. The lowest BCUT2D eigenvalue weighted by molar-refractivity contribution is 0.0948. The van der Waals surface area contributed by atoms with E-state index in [1.165, 1.54) is 0 Å². The Morgan fingerprint density at radius 3 is 2.80 bits per heavy atom. The number of carbonyl (C=O) groups excluding carboxylic acids is 1. The van der Waals surface area contributed by atoms with Crippen LogP contribution in [0.4, 0.5) is 0 Å². The maximum Gasteiger partial charge on any atom is 0.273 e. The summed E-state index contributed by atoms with van der Waals surface area (Å²) in [6.07, 6.45) is 0.881. The van der Waals surface area contributed by atoms with Crippen molar-refractivity contribution < 1.29 is 4.79 Å². The molecule has 1 aromatic heterocycles. The Balaban J connectivity index is 2.32. The van der Waals surface area contributed by atoms with Crippen molar-refractivity contribution in [2.45, 2.75) is 27.2 Å². The minimum absolute atomic E-state index is 0.200. The summed E-state index contributed by atoms with van der Waals surface area (Å²) in [6, 6.07) is 5.62. The fraction of sp³-hybridized carbons (Fsp3) is 0.357. The van der Waals surface area contributed by atoms with E-state index in [-0.39, 0.29) is 5.91 Å². The molecule has 6 heteroatoms. The molecule has 0 radical (unpaired) electrons. The molecular formula is C14H17ClN4O. The summed E-state index contributed by atoms with van der Waals surface area (Å²) < 4.78 is 1.62. The zero-order valence-electron chi connectivity index (χ0n) is 11.8. The van der Waals surface area contributed by atoms with Gasteiger partial charge in [0.15, 0.2) is 5.69 Å². The van der Waals surface area contributed by atoms with Crippen LogP contribution < -0.4 is 5.32 Å². The average Bonchev–Trinajstić information content (AvgIpc) is 2.81. The van der Waals surface area contributed by atoms with Crippen molar-refractivity contribution in [1.82, 2.24) is 20.3 Å². The van der Waals surface area contributed by atoms with E-state index in [1.807, 2.05) is 39.0 Å². The highest BCUT2D eigenvalue weighted by atomic mass is 35.5. The molecule has 2 rings (SSSR count). The second-order valence-electron chi connectivity index (χ2n) is 4.62. The Hall–Kier alpha value is -1.88. The van der Waals surface area contributed by atoms with Gasteiger partial charge in [-0.05, 0) is 38.0 Å². The first-order valence-corrected chi connectivity index (χ1v) is 6.89. The Morgan fingerprint density at radius 1 is 1.40 bits per heavy atom. The molecule has 1 aromatic carbocycles. The minimum atomic E-state index is -0.200. The predicted molar refractivity (Wildman–Crippen MR) is 78.5 cm³/mol. The van der Waals surface area contributed by atoms with E-state index in [1.54, 1.807) is 4.68 Å². The van der Waals surface area contributed by atoms with Gasteiger partial charge in [0, 0.05) is 11.6 Å². The maximum absolute atomic E-state index is 11.9. The number of benzene rings is 1. The summed E-state index contributed by atoms with van der Waals surface area (Å²) in [7, 11) is 0. The van der Waals surface area contributed by atoms with Gasteiger partial charge in [-0.2, -0.15) is 0 Å². The first-order valence-electron chi connectivity index (χ1n) is 6.51. The van der Waals surface area contributed by atoms with E-state index < -0.39 is 0 Å². The van der Waals surface area contributed by atoms with Crippen LogP contribution in [-0.2, 0) is 0 Å². The Bertz CT molecular complexity index is 636. The molecule has 5 nitrogen and oxygen atoms in total. The Morgan fingerprint density at radius 2 is 2.15 bits per heavy atom. The number of aromatic nitrogens is 3. The number of aryl methyl sites for hydroxylation is 1. The van der Waals surface area contributed by atoms with Crippen molar-refractivity contribution in [1.29, 1.82) is 0 Å². The molecule has 0 aliphatic heterocycles. The van der Waals surface area contributed by atoms with E-state index in [4.69, 9.17) is 11.6 Å². The summed E-state index contributed by atoms with van der Waals surface area (Å²) in [5.41, 5.74) is 2.82. The second-order valence-corrected chi connectivity index (χ2v) is 5.03. The highest BCUT2D eigenvalue weighted by Crippen LogP contribution is 2.20. The van der Waals surface area contributed by atoms with Crippen LogP contribution in [0.1, 0.15) is 35.1 Å². The maximum atomic E-state index is 11.9. The molecule has 0 aliphatic rings. The van der Waals surface area contributed by atoms with E-state index in [2.05, 4.69) is 15.6 Å². The van der Waals surface area contributed by atoms with Crippen LogP contribution >= 0.6 is 11.6 Å². The van der Waals surface area contributed by atoms with Gasteiger partial charge in [0.05, 0.1) is 11.4 Å². The zero-order valence-corrected chi connectivity index (χ0v) is 12.5. The molecular weight excluding hydrogens is 276 g/mol. The lowest BCUT2D eigenvalue weighted by atomic mass is 10.2. The van der Waals surface area contributed by atoms with Gasteiger partial charge in [0.25, 0.3) is 5.91 Å². The summed E-state index contributed by atoms with van der Waals surface area (Å²) in [6.45, 7) is 6.37. The van der Waals surface area contributed by atoms with Crippen molar-refractivity contribution in [2.75, 3.05) is 6.54 Å². The summed E-state index contributed by atoms with van der Waals surface area (Å²) in [4.78, 5) is 11.9. The van der Waals surface area contributed by atoms with Crippen LogP contribution in [0.3, 0.4) is 0 Å². The molecule has 20 heavy (non-hydrogen) atoms. The first-order chi connectivity index (χ1) is 9.54. The van der Waals surface area contributed by atoms with Gasteiger partial charge in [-0.1, -0.05) is 29.8 Å². The number of hydrogen-bond acceptors (Lipinski definition) is 3. The predicted octanol–water partition coefficient (Wildman–Crippen LogP) is 2.68. The lowest BCUT2D eigenvalue weighted by Gasteiger charge is -2.06. The Kier molecular flexibility index (Phi) is 4.39. The van der Waals surface area contributed by atoms with Crippen LogP contribution in [0.25, 0.3) is 5.69 Å². The molecule has 0 saturated heterocycles. The first kappa shape index (κ1) is 14.5. The van der Waals surface area contributed by atoms with Crippen molar-refractivity contribution >= 4 is 17.5 Å². The van der Waals surface area contributed by atoms with E-state index in [0.29, 0.717) is 23.0 Å². The quantitative estimate of drug-likeness (QED) is 0.942. The molecule has 0 spiro atoms. The summed E-state index contributed by atoms with van der Waals surface area (Å²) in [5.74, 6) is -0.200. The normalized spacial score (nSPS) is 10.6. The second kappa shape index (κ2) is 6.05. The third-order valence-corrected chi connectivity index (χ3v) is 3.45. The summed E-state index contributed by atoms with van der Waals surface area (Å²) in [5, 5.41) is 11.4. The van der Waals surface area contributed by atoms with E-state index in [0.717, 1.165) is 17.7 Å². The molecule has 0 saturated carbocycles. The molecule has 2 aromatic rings. The van der Waals surface area contributed by atoms with Crippen LogP contribution in [-0.4, -0.2) is 27.4 Å². The highest BCUT2D eigenvalue weighted by Gasteiger charge is 2.16. The van der Waals surface area contributed by atoms with Crippen molar-refractivity contribution in [3.05, 3.63) is 40.2 Å². The van der Waals surface area contributed by atoms with Gasteiger partial charge in [-0.25, -0.2) is 4.68 Å². The molecule has 0 fully saturated rings. The zero-order chi connectivity index (χ0) is 14.7. The third-order valence-electron chi connectivity index (χ3n) is 3.05. The topological polar surface area (TPSA) is 59.8 Å². The number of halogens is 1. The van der Waals surface area contributed by atoms with Crippen LogP contribution in [0.2, 0.25) is 5.02 Å². The van der Waals surface area contributed by atoms with E-state index in [9.17, 15) is 4.79 Å². The number of nitrogens with one attached hydrogen (secondary N) is 1. The minimum Gasteiger partial charge on any atom is -0.351 e. The van der Waals surface area contributed by atoms with Crippen molar-refractivity contribution in [3.8, 4) is 5.69 Å². The molecule has 106 valence electrons. The number of rotatable bonds is 4. The molecule has 0 aliphatic carbocycles. The number of hydrogen-bond donors (Lipinski definition) is 1. The van der Waals surface area contributed by atoms with Crippen LogP contribution in [0, 0.1) is 13.8 Å². The fourth-order valence-corrected chi connectivity index (χ4v) is 1.99. The molecule has 1 heterocycles.